The van der Waals surface area contributed by atoms with Crippen LogP contribution in [0.2, 0.25) is 0 Å². The van der Waals surface area contributed by atoms with Crippen molar-refractivity contribution in [2.45, 2.75) is 26.3 Å². The maximum Gasteiger partial charge on any atom is 0.0890 e. The van der Waals surface area contributed by atoms with Gasteiger partial charge in [-0.25, -0.2) is 4.98 Å². The Hall–Kier alpha value is -1.52. The maximum absolute atomic E-state index is 4.65. The fourth-order valence-electron chi connectivity index (χ4n) is 2.99. The van der Waals surface area contributed by atoms with Crippen LogP contribution in [0.4, 0.5) is 0 Å². The van der Waals surface area contributed by atoms with E-state index in [1.165, 1.54) is 32.5 Å². The van der Waals surface area contributed by atoms with Gasteiger partial charge in [0.25, 0.3) is 0 Å². The topological polar surface area (TPSA) is 41.0 Å². The van der Waals surface area contributed by atoms with E-state index in [9.17, 15) is 0 Å². The Balaban J connectivity index is 1.48. The van der Waals surface area contributed by atoms with Gasteiger partial charge in [0.15, 0.2) is 0 Å². The van der Waals surface area contributed by atoms with Crippen LogP contribution in [0.25, 0.3) is 11.0 Å². The third kappa shape index (κ3) is 3.77. The number of fused-ring (bicyclic) bond motifs is 1. The average molecular weight is 284 g/mol. The molecule has 0 bridgehead atoms. The number of benzene rings is 1. The quantitative estimate of drug-likeness (QED) is 0.915. The molecule has 0 amide bonds. The monoisotopic (exact) mass is 284 g/mol. The number of hydrogen-bond acceptors (Lipinski definition) is 4. The number of hydrogen-bond donors (Lipinski definition) is 1. The van der Waals surface area contributed by atoms with Crippen molar-refractivity contribution in [3.05, 3.63) is 36.2 Å². The number of rotatable bonds is 5. The summed E-state index contributed by atoms with van der Waals surface area (Å²) in [5, 5.41) is 3.55. The summed E-state index contributed by atoms with van der Waals surface area (Å²) in [7, 11) is 0. The first-order valence-corrected chi connectivity index (χ1v) is 7.99. The molecule has 0 aliphatic carbocycles. The van der Waals surface area contributed by atoms with Crippen molar-refractivity contribution >= 4 is 11.0 Å². The fraction of sp³-hybridized carbons (Fsp3) is 0.529. The molecule has 0 atom stereocenters. The summed E-state index contributed by atoms with van der Waals surface area (Å²) >= 11 is 0. The predicted octanol–water partition coefficient (Wildman–Crippen LogP) is 2.45. The molecule has 1 aromatic carbocycles. The van der Waals surface area contributed by atoms with Gasteiger partial charge in [0.2, 0.25) is 0 Å². The number of nitrogens with one attached hydrogen (secondary N) is 1. The lowest BCUT2D eigenvalue weighted by Gasteiger charge is -2.31. The van der Waals surface area contributed by atoms with E-state index in [0.717, 1.165) is 35.7 Å². The van der Waals surface area contributed by atoms with Crippen molar-refractivity contribution in [3.8, 4) is 0 Å². The molecule has 0 spiro atoms. The maximum atomic E-state index is 4.65. The Kier molecular flexibility index (Phi) is 4.78. The lowest BCUT2D eigenvalue weighted by Crippen LogP contribution is -2.37. The number of nitrogens with zero attached hydrogens (tertiary/aromatic N) is 3. The molecule has 1 fully saturated rings. The van der Waals surface area contributed by atoms with Gasteiger partial charge < -0.3 is 10.2 Å². The summed E-state index contributed by atoms with van der Waals surface area (Å²) in [5.41, 5.74) is 2.97. The molecule has 1 saturated heterocycles. The van der Waals surface area contributed by atoms with Gasteiger partial charge in [-0.05, 0) is 57.1 Å². The molecule has 2 aromatic rings. The smallest absolute Gasteiger partial charge is 0.0890 e. The van der Waals surface area contributed by atoms with Crippen molar-refractivity contribution in [1.29, 1.82) is 0 Å². The van der Waals surface area contributed by atoms with E-state index in [0.29, 0.717) is 0 Å². The molecule has 3 rings (SSSR count). The second kappa shape index (κ2) is 6.96. The zero-order valence-electron chi connectivity index (χ0n) is 12.8. The van der Waals surface area contributed by atoms with Gasteiger partial charge in [0.05, 0.1) is 22.9 Å². The minimum Gasteiger partial charge on any atom is -0.311 e. The molecule has 0 radical (unpaired) electrons. The molecule has 1 aliphatic heterocycles. The summed E-state index contributed by atoms with van der Waals surface area (Å²) in [4.78, 5) is 11.6. The van der Waals surface area contributed by atoms with Crippen LogP contribution in [0, 0.1) is 5.92 Å². The second-order valence-electron chi connectivity index (χ2n) is 5.86. The predicted molar refractivity (Wildman–Crippen MR) is 86.1 cm³/mol. The van der Waals surface area contributed by atoms with E-state index in [2.05, 4.69) is 27.1 Å². The zero-order chi connectivity index (χ0) is 14.5. The molecule has 4 nitrogen and oxygen atoms in total. The van der Waals surface area contributed by atoms with E-state index >= 15 is 0 Å². The lowest BCUT2D eigenvalue weighted by atomic mass is 9.97. The highest BCUT2D eigenvalue weighted by Crippen LogP contribution is 2.16. The minimum atomic E-state index is 0.807. The number of para-hydroxylation sites is 2. The van der Waals surface area contributed by atoms with Gasteiger partial charge in [0, 0.05) is 6.54 Å². The standard InChI is InChI=1S/C17H24N4/c1-2-21-9-7-14(8-10-21)11-18-12-15-13-19-16-5-3-4-6-17(16)20-15/h3-6,13-14,18H,2,7-12H2,1H3. The van der Waals surface area contributed by atoms with Crippen LogP contribution in [-0.2, 0) is 6.54 Å². The average Bonchev–Trinajstić information content (AvgIpc) is 2.55. The number of likely N-dealkylation sites (tertiary alicyclic amines) is 1. The zero-order valence-corrected chi connectivity index (χ0v) is 12.8. The number of piperidine rings is 1. The largest absolute Gasteiger partial charge is 0.311 e. The molecule has 1 aliphatic rings. The first-order chi connectivity index (χ1) is 10.3. The highest BCUT2D eigenvalue weighted by molar-refractivity contribution is 5.73. The highest BCUT2D eigenvalue weighted by atomic mass is 15.1. The molecule has 112 valence electrons. The van der Waals surface area contributed by atoms with Crippen LogP contribution in [0.3, 0.4) is 0 Å². The van der Waals surface area contributed by atoms with Gasteiger partial charge in [0.1, 0.15) is 0 Å². The Bertz CT molecular complexity index is 576. The van der Waals surface area contributed by atoms with Crippen LogP contribution < -0.4 is 5.32 Å². The van der Waals surface area contributed by atoms with Gasteiger partial charge in [-0.2, -0.15) is 0 Å². The van der Waals surface area contributed by atoms with E-state index in [1.807, 2.05) is 30.5 Å². The van der Waals surface area contributed by atoms with Crippen LogP contribution in [0.5, 0.6) is 0 Å². The third-order valence-electron chi connectivity index (χ3n) is 4.39. The lowest BCUT2D eigenvalue weighted by molar-refractivity contribution is 0.190. The Labute approximate surface area is 126 Å². The molecular formula is C17H24N4. The SMILES string of the molecule is CCN1CCC(CNCc2cnc3ccccc3n2)CC1. The first kappa shape index (κ1) is 14.4. The fourth-order valence-corrected chi connectivity index (χ4v) is 2.99. The molecule has 4 heteroatoms. The van der Waals surface area contributed by atoms with Gasteiger partial charge in [-0.1, -0.05) is 19.1 Å². The summed E-state index contributed by atoms with van der Waals surface area (Å²) in [6, 6.07) is 8.03. The minimum absolute atomic E-state index is 0.807. The van der Waals surface area contributed by atoms with Gasteiger partial charge in [-0.3, -0.25) is 4.98 Å². The first-order valence-electron chi connectivity index (χ1n) is 7.99. The highest BCUT2D eigenvalue weighted by Gasteiger charge is 2.17. The van der Waals surface area contributed by atoms with Crippen molar-refractivity contribution in [2.75, 3.05) is 26.2 Å². The van der Waals surface area contributed by atoms with Crippen molar-refractivity contribution in [3.63, 3.8) is 0 Å². The summed E-state index contributed by atoms with van der Waals surface area (Å²) in [6.45, 7) is 7.83. The molecule has 1 aromatic heterocycles. The molecule has 21 heavy (non-hydrogen) atoms. The van der Waals surface area contributed by atoms with Crippen molar-refractivity contribution in [1.82, 2.24) is 20.2 Å². The molecule has 0 unspecified atom stereocenters. The van der Waals surface area contributed by atoms with Crippen LogP contribution in [-0.4, -0.2) is 41.0 Å². The molecule has 1 N–H and O–H groups in total. The van der Waals surface area contributed by atoms with Crippen LogP contribution >= 0.6 is 0 Å². The molecule has 0 saturated carbocycles. The van der Waals surface area contributed by atoms with E-state index < -0.39 is 0 Å². The normalized spacial score (nSPS) is 17.4. The summed E-state index contributed by atoms with van der Waals surface area (Å²) < 4.78 is 0. The third-order valence-corrected chi connectivity index (χ3v) is 4.39. The van der Waals surface area contributed by atoms with Crippen molar-refractivity contribution < 1.29 is 0 Å². The van der Waals surface area contributed by atoms with Crippen LogP contribution in [0.15, 0.2) is 30.5 Å². The van der Waals surface area contributed by atoms with Gasteiger partial charge >= 0.3 is 0 Å². The van der Waals surface area contributed by atoms with E-state index in [1.54, 1.807) is 0 Å². The van der Waals surface area contributed by atoms with Crippen LogP contribution in [0.1, 0.15) is 25.5 Å². The number of aromatic nitrogens is 2. The van der Waals surface area contributed by atoms with Crippen molar-refractivity contribution in [2.24, 2.45) is 5.92 Å². The molecular weight excluding hydrogens is 260 g/mol. The Morgan fingerprint density at radius 3 is 2.71 bits per heavy atom. The summed E-state index contributed by atoms with van der Waals surface area (Å²) in [6.07, 6.45) is 4.50. The van der Waals surface area contributed by atoms with E-state index in [4.69, 9.17) is 0 Å². The van der Waals surface area contributed by atoms with E-state index in [-0.39, 0.29) is 0 Å². The Morgan fingerprint density at radius 1 is 1.19 bits per heavy atom. The second-order valence-corrected chi connectivity index (χ2v) is 5.86. The van der Waals surface area contributed by atoms with Gasteiger partial charge in [-0.15, -0.1) is 0 Å². The molecule has 2 heterocycles. The summed E-state index contributed by atoms with van der Waals surface area (Å²) in [5.74, 6) is 0.807. The Morgan fingerprint density at radius 2 is 1.95 bits per heavy atom.